The maximum atomic E-state index is 8.68. The first-order chi connectivity index (χ1) is 8.35. The standard InChI is InChI=1S/C12H14N2O2S/c1-16-11-5-3-2-4-9(11)10-7-17-12(14-10)6-13-8-15/h2-5,7,13,15H,6,8H2,1H3. The maximum absolute atomic E-state index is 8.68. The second-order valence-electron chi connectivity index (χ2n) is 3.41. The fourth-order valence-electron chi connectivity index (χ4n) is 1.53. The summed E-state index contributed by atoms with van der Waals surface area (Å²) in [7, 11) is 1.65. The molecule has 0 saturated heterocycles. The van der Waals surface area contributed by atoms with Crippen LogP contribution in [0, 0.1) is 0 Å². The minimum Gasteiger partial charge on any atom is -0.496 e. The van der Waals surface area contributed by atoms with Crippen LogP contribution in [-0.2, 0) is 6.54 Å². The van der Waals surface area contributed by atoms with Gasteiger partial charge in [-0.3, -0.25) is 5.32 Å². The van der Waals surface area contributed by atoms with Crippen LogP contribution in [-0.4, -0.2) is 23.9 Å². The Morgan fingerprint density at radius 1 is 1.41 bits per heavy atom. The van der Waals surface area contributed by atoms with Gasteiger partial charge in [-0.05, 0) is 12.1 Å². The van der Waals surface area contributed by atoms with Crippen molar-refractivity contribution in [2.45, 2.75) is 6.54 Å². The monoisotopic (exact) mass is 250 g/mol. The molecule has 0 radical (unpaired) electrons. The topological polar surface area (TPSA) is 54.4 Å². The maximum Gasteiger partial charge on any atom is 0.128 e. The third-order valence-electron chi connectivity index (χ3n) is 2.32. The Labute approximate surface area is 104 Å². The van der Waals surface area contributed by atoms with Gasteiger partial charge in [-0.1, -0.05) is 12.1 Å². The van der Waals surface area contributed by atoms with Crippen molar-refractivity contribution < 1.29 is 9.84 Å². The van der Waals surface area contributed by atoms with Crippen LogP contribution in [0.5, 0.6) is 5.75 Å². The lowest BCUT2D eigenvalue weighted by Gasteiger charge is -2.04. The molecule has 90 valence electrons. The van der Waals surface area contributed by atoms with Gasteiger partial charge in [0.2, 0.25) is 0 Å². The lowest BCUT2D eigenvalue weighted by Crippen LogP contribution is -2.13. The van der Waals surface area contributed by atoms with E-state index in [1.54, 1.807) is 18.4 Å². The molecule has 0 amide bonds. The van der Waals surface area contributed by atoms with Gasteiger partial charge in [0.05, 0.1) is 19.5 Å². The zero-order valence-corrected chi connectivity index (χ0v) is 10.3. The van der Waals surface area contributed by atoms with Gasteiger partial charge in [0.25, 0.3) is 0 Å². The summed E-state index contributed by atoms with van der Waals surface area (Å²) in [6.07, 6.45) is 0. The van der Waals surface area contributed by atoms with Crippen LogP contribution in [0.2, 0.25) is 0 Å². The van der Waals surface area contributed by atoms with E-state index in [9.17, 15) is 0 Å². The minimum absolute atomic E-state index is 0.0381. The van der Waals surface area contributed by atoms with E-state index in [0.29, 0.717) is 6.54 Å². The van der Waals surface area contributed by atoms with Crippen molar-refractivity contribution in [3.8, 4) is 17.0 Å². The highest BCUT2D eigenvalue weighted by atomic mass is 32.1. The van der Waals surface area contributed by atoms with Crippen molar-refractivity contribution in [2.75, 3.05) is 13.8 Å². The van der Waals surface area contributed by atoms with E-state index in [-0.39, 0.29) is 6.73 Å². The van der Waals surface area contributed by atoms with Crippen molar-refractivity contribution in [3.05, 3.63) is 34.7 Å². The molecule has 0 unspecified atom stereocenters. The number of hydrogen-bond donors (Lipinski definition) is 2. The Morgan fingerprint density at radius 2 is 2.24 bits per heavy atom. The Balaban J connectivity index is 2.24. The molecule has 2 N–H and O–H groups in total. The van der Waals surface area contributed by atoms with Gasteiger partial charge in [0.1, 0.15) is 10.8 Å². The van der Waals surface area contributed by atoms with Gasteiger partial charge in [-0.25, -0.2) is 4.98 Å². The van der Waals surface area contributed by atoms with Gasteiger partial charge < -0.3 is 9.84 Å². The number of aliphatic hydroxyl groups excluding tert-OH is 1. The van der Waals surface area contributed by atoms with Crippen LogP contribution in [0.4, 0.5) is 0 Å². The molecule has 0 spiro atoms. The van der Waals surface area contributed by atoms with E-state index in [1.165, 1.54) is 0 Å². The van der Waals surface area contributed by atoms with Crippen molar-refractivity contribution in [3.63, 3.8) is 0 Å². The molecular formula is C12H14N2O2S. The summed E-state index contributed by atoms with van der Waals surface area (Å²) in [5.41, 5.74) is 1.89. The second kappa shape index (κ2) is 5.77. The highest BCUT2D eigenvalue weighted by molar-refractivity contribution is 7.09. The molecule has 0 aliphatic carbocycles. The van der Waals surface area contributed by atoms with E-state index in [2.05, 4.69) is 10.3 Å². The first kappa shape index (κ1) is 12.0. The van der Waals surface area contributed by atoms with E-state index >= 15 is 0 Å². The number of ether oxygens (including phenoxy) is 1. The number of nitrogens with zero attached hydrogens (tertiary/aromatic N) is 1. The number of hydrogen-bond acceptors (Lipinski definition) is 5. The number of aliphatic hydroxyl groups is 1. The Kier molecular flexibility index (Phi) is 4.08. The van der Waals surface area contributed by atoms with E-state index < -0.39 is 0 Å². The fraction of sp³-hybridized carbons (Fsp3) is 0.250. The molecule has 0 aliphatic heterocycles. The first-order valence-electron chi connectivity index (χ1n) is 5.24. The third-order valence-corrected chi connectivity index (χ3v) is 3.17. The van der Waals surface area contributed by atoms with Crippen LogP contribution in [0.1, 0.15) is 5.01 Å². The first-order valence-corrected chi connectivity index (χ1v) is 6.12. The lowest BCUT2D eigenvalue weighted by atomic mass is 10.1. The molecule has 1 aromatic carbocycles. The van der Waals surface area contributed by atoms with Gasteiger partial charge >= 0.3 is 0 Å². The summed E-state index contributed by atoms with van der Waals surface area (Å²) in [6, 6.07) is 7.79. The SMILES string of the molecule is COc1ccccc1-c1csc(CNCO)n1. The number of nitrogens with one attached hydrogen (secondary N) is 1. The van der Waals surface area contributed by atoms with Crippen LogP contribution in [0.3, 0.4) is 0 Å². The van der Waals surface area contributed by atoms with Gasteiger partial charge in [0.15, 0.2) is 0 Å². The van der Waals surface area contributed by atoms with Crippen LogP contribution in [0.25, 0.3) is 11.3 Å². The largest absolute Gasteiger partial charge is 0.496 e. The number of rotatable bonds is 5. The summed E-state index contributed by atoms with van der Waals surface area (Å²) >= 11 is 1.56. The fourth-order valence-corrected chi connectivity index (χ4v) is 2.30. The summed E-state index contributed by atoms with van der Waals surface area (Å²) in [6.45, 7) is 0.542. The molecule has 5 heteroatoms. The highest BCUT2D eigenvalue weighted by Crippen LogP contribution is 2.30. The smallest absolute Gasteiger partial charge is 0.128 e. The highest BCUT2D eigenvalue weighted by Gasteiger charge is 2.08. The predicted octanol–water partition coefficient (Wildman–Crippen LogP) is 1.86. The number of benzene rings is 1. The zero-order chi connectivity index (χ0) is 12.1. The number of thiazole rings is 1. The number of para-hydroxylation sites is 1. The van der Waals surface area contributed by atoms with Gasteiger partial charge in [0, 0.05) is 17.5 Å². The summed E-state index contributed by atoms with van der Waals surface area (Å²) in [5, 5.41) is 14.4. The van der Waals surface area contributed by atoms with E-state index in [4.69, 9.17) is 9.84 Å². The Bertz CT molecular complexity index is 485. The van der Waals surface area contributed by atoms with E-state index in [1.807, 2.05) is 29.6 Å². The van der Waals surface area contributed by atoms with Gasteiger partial charge in [-0.2, -0.15) is 0 Å². The molecule has 2 rings (SSSR count). The Hall–Kier alpha value is -1.43. The van der Waals surface area contributed by atoms with Crippen molar-refractivity contribution in [1.29, 1.82) is 0 Å². The number of aromatic nitrogens is 1. The molecule has 0 bridgehead atoms. The molecule has 2 aromatic rings. The molecule has 1 aromatic heterocycles. The second-order valence-corrected chi connectivity index (χ2v) is 4.35. The van der Waals surface area contributed by atoms with Crippen LogP contribution >= 0.6 is 11.3 Å². The van der Waals surface area contributed by atoms with E-state index in [0.717, 1.165) is 22.0 Å². The molecule has 0 fully saturated rings. The molecule has 0 atom stereocenters. The predicted molar refractivity (Wildman–Crippen MR) is 68.0 cm³/mol. The van der Waals surface area contributed by atoms with Crippen molar-refractivity contribution in [1.82, 2.24) is 10.3 Å². The number of methoxy groups -OCH3 is 1. The zero-order valence-electron chi connectivity index (χ0n) is 9.51. The molecular weight excluding hydrogens is 236 g/mol. The average molecular weight is 250 g/mol. The molecule has 0 saturated carbocycles. The quantitative estimate of drug-likeness (QED) is 0.795. The summed E-state index contributed by atoms with van der Waals surface area (Å²) < 4.78 is 5.30. The lowest BCUT2D eigenvalue weighted by molar-refractivity contribution is 0.259. The normalized spacial score (nSPS) is 10.5. The van der Waals surface area contributed by atoms with Crippen molar-refractivity contribution in [2.24, 2.45) is 0 Å². The summed E-state index contributed by atoms with van der Waals surface area (Å²) in [4.78, 5) is 4.49. The van der Waals surface area contributed by atoms with Crippen LogP contribution < -0.4 is 10.1 Å². The molecule has 0 aliphatic rings. The third kappa shape index (κ3) is 2.82. The van der Waals surface area contributed by atoms with Gasteiger partial charge in [-0.15, -0.1) is 11.3 Å². The molecule has 4 nitrogen and oxygen atoms in total. The van der Waals surface area contributed by atoms with Crippen LogP contribution in [0.15, 0.2) is 29.6 Å². The molecule has 17 heavy (non-hydrogen) atoms. The summed E-state index contributed by atoms with van der Waals surface area (Å²) in [5.74, 6) is 0.819. The molecule has 1 heterocycles. The Morgan fingerprint density at radius 3 is 3.00 bits per heavy atom. The minimum atomic E-state index is -0.0381. The van der Waals surface area contributed by atoms with Crippen molar-refractivity contribution >= 4 is 11.3 Å². The average Bonchev–Trinajstić information content (AvgIpc) is 2.85.